The number of rotatable bonds is 5. The van der Waals surface area contributed by atoms with Gasteiger partial charge in [0.25, 0.3) is 15.9 Å². The largest absolute Gasteiger partial charge is 0.308 e. The van der Waals surface area contributed by atoms with Crippen LogP contribution in [0, 0.1) is 0 Å². The number of carbonyl (C=O) groups is 1. The minimum atomic E-state index is -3.78. The number of para-hydroxylation sites is 1. The van der Waals surface area contributed by atoms with Gasteiger partial charge in [-0.3, -0.25) is 9.10 Å². The molecule has 0 aromatic heterocycles. The fraction of sp³-hybridized carbons (Fsp3) is 0.208. The molecule has 0 aliphatic carbocycles. The van der Waals surface area contributed by atoms with E-state index in [0.29, 0.717) is 36.3 Å². The van der Waals surface area contributed by atoms with E-state index in [4.69, 9.17) is 0 Å². The maximum absolute atomic E-state index is 13.2. The fourth-order valence-electron chi connectivity index (χ4n) is 3.88. The minimum absolute atomic E-state index is 0.0854. The number of hydrogen-bond donors (Lipinski definition) is 0. The van der Waals surface area contributed by atoms with Gasteiger partial charge in [-0.05, 0) is 73.0 Å². The summed E-state index contributed by atoms with van der Waals surface area (Å²) in [5.41, 5.74) is 2.38. The first-order valence-electron chi connectivity index (χ1n) is 10.4. The highest BCUT2D eigenvalue weighted by molar-refractivity contribution is 7.92. The molecule has 0 saturated heterocycles. The summed E-state index contributed by atoms with van der Waals surface area (Å²) in [4.78, 5) is 15.1. The third-order valence-electron chi connectivity index (χ3n) is 5.72. The van der Waals surface area contributed by atoms with E-state index in [1.165, 1.54) is 41.7 Å². The van der Waals surface area contributed by atoms with E-state index < -0.39 is 19.9 Å². The van der Waals surface area contributed by atoms with Gasteiger partial charge in [0.2, 0.25) is 0 Å². The fourth-order valence-corrected chi connectivity index (χ4v) is 5.74. The molecule has 3 aromatic carbocycles. The first-order valence-corrected chi connectivity index (χ1v) is 13.7. The van der Waals surface area contributed by atoms with E-state index in [-0.39, 0.29) is 15.7 Å². The van der Waals surface area contributed by atoms with E-state index in [2.05, 4.69) is 0 Å². The monoisotopic (exact) mass is 484 g/mol. The second-order valence-electron chi connectivity index (χ2n) is 7.96. The Morgan fingerprint density at radius 3 is 2.15 bits per heavy atom. The summed E-state index contributed by atoms with van der Waals surface area (Å²) in [5.74, 6) is -0.261. The maximum atomic E-state index is 13.2. The number of nitrogens with zero attached hydrogens (tertiary/aromatic N) is 2. The third-order valence-corrected chi connectivity index (χ3v) is 8.63. The molecular formula is C24H24N2O5S2. The van der Waals surface area contributed by atoms with Crippen LogP contribution in [0.15, 0.2) is 82.6 Å². The summed E-state index contributed by atoms with van der Waals surface area (Å²) in [5, 5.41) is 0. The van der Waals surface area contributed by atoms with Crippen LogP contribution in [0.4, 0.5) is 11.4 Å². The van der Waals surface area contributed by atoms with E-state index in [1.807, 2.05) is 6.07 Å². The van der Waals surface area contributed by atoms with Crippen LogP contribution in [0.1, 0.15) is 22.3 Å². The van der Waals surface area contributed by atoms with Crippen molar-refractivity contribution in [2.75, 3.05) is 29.1 Å². The van der Waals surface area contributed by atoms with Crippen molar-refractivity contribution in [2.45, 2.75) is 22.6 Å². The number of hydrogen-bond acceptors (Lipinski definition) is 5. The second kappa shape index (κ2) is 8.64. The normalized spacial score (nSPS) is 13.9. The van der Waals surface area contributed by atoms with Crippen molar-refractivity contribution in [3.63, 3.8) is 0 Å². The Labute approximate surface area is 194 Å². The maximum Gasteiger partial charge on any atom is 0.264 e. The average Bonchev–Trinajstić information content (AvgIpc) is 2.82. The van der Waals surface area contributed by atoms with Gasteiger partial charge in [0.05, 0.1) is 15.5 Å². The van der Waals surface area contributed by atoms with Crippen molar-refractivity contribution in [1.29, 1.82) is 0 Å². The smallest absolute Gasteiger partial charge is 0.264 e. The SMILES string of the molecule is CN(c1ccccc1)S(=O)(=O)c1ccc(C(=O)N2CCCc3cc(S(C)(=O)=O)ccc32)cc1. The van der Waals surface area contributed by atoms with E-state index >= 15 is 0 Å². The number of anilines is 2. The number of carbonyl (C=O) groups excluding carboxylic acids is 1. The van der Waals surface area contributed by atoms with Gasteiger partial charge in [-0.25, -0.2) is 16.8 Å². The first-order chi connectivity index (χ1) is 15.6. The van der Waals surface area contributed by atoms with Crippen LogP contribution in [0.25, 0.3) is 0 Å². The van der Waals surface area contributed by atoms with E-state index in [1.54, 1.807) is 41.3 Å². The Morgan fingerprint density at radius 2 is 1.52 bits per heavy atom. The number of sulfonamides is 1. The molecule has 0 fully saturated rings. The second-order valence-corrected chi connectivity index (χ2v) is 11.9. The van der Waals surface area contributed by atoms with Crippen LogP contribution in [0.3, 0.4) is 0 Å². The molecule has 0 radical (unpaired) electrons. The molecule has 4 rings (SSSR count). The summed E-state index contributed by atoms with van der Waals surface area (Å²) in [6.45, 7) is 0.501. The summed E-state index contributed by atoms with van der Waals surface area (Å²) in [7, 11) is -5.63. The zero-order valence-corrected chi connectivity index (χ0v) is 19.9. The molecule has 3 aromatic rings. The molecule has 0 spiro atoms. The van der Waals surface area contributed by atoms with Crippen LogP contribution >= 0.6 is 0 Å². The van der Waals surface area contributed by atoms with Crippen LogP contribution in [-0.4, -0.2) is 42.6 Å². The standard InChI is InChI=1S/C24H24N2O5S2/c1-25(20-8-4-3-5-9-20)33(30,31)21-12-10-18(11-13-21)24(27)26-16-6-7-19-17-22(32(2,28)29)14-15-23(19)26/h3-5,8-15,17H,6-7,16H2,1-2H3. The Kier molecular flexibility index (Phi) is 6.02. The predicted octanol–water partition coefficient (Wildman–Crippen LogP) is 3.51. The third kappa shape index (κ3) is 4.51. The molecule has 9 heteroatoms. The lowest BCUT2D eigenvalue weighted by molar-refractivity contribution is 0.0985. The molecule has 0 atom stereocenters. The molecule has 0 saturated carbocycles. The van der Waals surface area contributed by atoms with Crippen LogP contribution in [-0.2, 0) is 26.3 Å². The van der Waals surface area contributed by atoms with Crippen molar-refractivity contribution in [3.05, 3.63) is 83.9 Å². The average molecular weight is 485 g/mol. The molecule has 0 N–H and O–H groups in total. The van der Waals surface area contributed by atoms with E-state index in [9.17, 15) is 21.6 Å². The Morgan fingerprint density at radius 1 is 0.879 bits per heavy atom. The van der Waals surface area contributed by atoms with E-state index in [0.717, 1.165) is 11.8 Å². The van der Waals surface area contributed by atoms with Gasteiger partial charge >= 0.3 is 0 Å². The first kappa shape index (κ1) is 23.0. The highest BCUT2D eigenvalue weighted by Gasteiger charge is 2.26. The molecule has 172 valence electrons. The van der Waals surface area contributed by atoms with Crippen LogP contribution in [0.5, 0.6) is 0 Å². The molecule has 1 aliphatic heterocycles. The van der Waals surface area contributed by atoms with Gasteiger partial charge in [0, 0.05) is 31.1 Å². The zero-order valence-electron chi connectivity index (χ0n) is 18.3. The summed E-state index contributed by atoms with van der Waals surface area (Å²) in [6.07, 6.45) is 2.55. The van der Waals surface area contributed by atoms with Crippen molar-refractivity contribution < 1.29 is 21.6 Å². The van der Waals surface area contributed by atoms with Crippen LogP contribution < -0.4 is 9.21 Å². The van der Waals surface area contributed by atoms with Gasteiger partial charge < -0.3 is 4.90 Å². The lowest BCUT2D eigenvalue weighted by Gasteiger charge is -2.30. The Balaban J connectivity index is 1.60. The number of aryl methyl sites for hydroxylation is 1. The zero-order chi connectivity index (χ0) is 23.8. The van der Waals surface area contributed by atoms with Crippen molar-refractivity contribution in [3.8, 4) is 0 Å². The molecule has 1 heterocycles. The highest BCUT2D eigenvalue weighted by Crippen LogP contribution is 2.31. The summed E-state index contributed by atoms with van der Waals surface area (Å²) in [6, 6.07) is 19.4. The van der Waals surface area contributed by atoms with Crippen LogP contribution in [0.2, 0.25) is 0 Å². The lowest BCUT2D eigenvalue weighted by Crippen LogP contribution is -2.35. The molecule has 33 heavy (non-hydrogen) atoms. The Bertz CT molecular complexity index is 1400. The molecule has 1 aliphatic rings. The predicted molar refractivity (Wildman–Crippen MR) is 128 cm³/mol. The molecule has 1 amide bonds. The summed E-state index contributed by atoms with van der Waals surface area (Å²) >= 11 is 0. The minimum Gasteiger partial charge on any atom is -0.308 e. The van der Waals surface area contributed by atoms with Gasteiger partial charge in [0.15, 0.2) is 9.84 Å². The highest BCUT2D eigenvalue weighted by atomic mass is 32.2. The van der Waals surface area contributed by atoms with Gasteiger partial charge in [-0.15, -0.1) is 0 Å². The van der Waals surface area contributed by atoms with Crippen molar-refractivity contribution in [1.82, 2.24) is 0 Å². The van der Waals surface area contributed by atoms with Gasteiger partial charge in [-0.2, -0.15) is 0 Å². The quantitative estimate of drug-likeness (QED) is 0.553. The van der Waals surface area contributed by atoms with Crippen molar-refractivity contribution >= 4 is 37.1 Å². The van der Waals surface area contributed by atoms with Crippen molar-refractivity contribution in [2.24, 2.45) is 0 Å². The number of benzene rings is 3. The topological polar surface area (TPSA) is 91.8 Å². The number of fused-ring (bicyclic) bond motifs is 1. The molecule has 0 unspecified atom stereocenters. The van der Waals surface area contributed by atoms with Gasteiger partial charge in [0.1, 0.15) is 0 Å². The molecule has 7 nitrogen and oxygen atoms in total. The lowest BCUT2D eigenvalue weighted by atomic mass is 10.0. The molecular weight excluding hydrogens is 460 g/mol. The van der Waals surface area contributed by atoms with Gasteiger partial charge in [-0.1, -0.05) is 18.2 Å². The Hall–Kier alpha value is -3.17. The number of sulfone groups is 1. The summed E-state index contributed by atoms with van der Waals surface area (Å²) < 4.78 is 50.9. The number of amides is 1. The molecule has 0 bridgehead atoms.